The molecule has 88 valence electrons. The molecule has 1 aliphatic rings. The molecule has 0 bridgehead atoms. The largest absolute Gasteiger partial charge is 0.310 e. The quantitative estimate of drug-likeness (QED) is 0.838. The first-order chi connectivity index (χ1) is 7.57. The summed E-state index contributed by atoms with van der Waals surface area (Å²) in [7, 11) is 2.20. The van der Waals surface area contributed by atoms with Crippen LogP contribution in [0.5, 0.6) is 0 Å². The van der Waals surface area contributed by atoms with E-state index >= 15 is 0 Å². The van der Waals surface area contributed by atoms with Gasteiger partial charge in [-0.15, -0.1) is 0 Å². The zero-order valence-corrected chi connectivity index (χ0v) is 10.4. The van der Waals surface area contributed by atoms with Crippen molar-refractivity contribution in [2.75, 3.05) is 13.6 Å². The van der Waals surface area contributed by atoms with Crippen LogP contribution in [0.1, 0.15) is 25.8 Å². The van der Waals surface area contributed by atoms with Gasteiger partial charge in [0.15, 0.2) is 0 Å². The third-order valence-electron chi connectivity index (χ3n) is 3.37. The number of nitrogens with one attached hydrogen (secondary N) is 1. The molecule has 1 N–H and O–H groups in total. The minimum absolute atomic E-state index is 0.289. The SMILES string of the molecule is CN(Cc1ccncc1)C1CNC(C)(C)C1. The highest BCUT2D eigenvalue weighted by molar-refractivity contribution is 5.10. The smallest absolute Gasteiger partial charge is 0.0271 e. The highest BCUT2D eigenvalue weighted by Crippen LogP contribution is 2.22. The van der Waals surface area contributed by atoms with Crippen LogP contribution in [-0.2, 0) is 6.54 Å². The summed E-state index contributed by atoms with van der Waals surface area (Å²) in [5.74, 6) is 0. The fourth-order valence-corrected chi connectivity index (χ4v) is 2.34. The van der Waals surface area contributed by atoms with E-state index in [4.69, 9.17) is 0 Å². The van der Waals surface area contributed by atoms with E-state index in [9.17, 15) is 0 Å². The Morgan fingerprint density at radius 2 is 2.12 bits per heavy atom. The number of hydrogen-bond acceptors (Lipinski definition) is 3. The van der Waals surface area contributed by atoms with E-state index in [0.717, 1.165) is 13.1 Å². The van der Waals surface area contributed by atoms with Crippen LogP contribution in [0.15, 0.2) is 24.5 Å². The fourth-order valence-electron chi connectivity index (χ4n) is 2.34. The Morgan fingerprint density at radius 1 is 1.44 bits per heavy atom. The Labute approximate surface area is 97.9 Å². The molecule has 1 aromatic rings. The van der Waals surface area contributed by atoms with Gasteiger partial charge in [-0.05, 0) is 45.0 Å². The van der Waals surface area contributed by atoms with Gasteiger partial charge in [0.1, 0.15) is 0 Å². The topological polar surface area (TPSA) is 28.2 Å². The van der Waals surface area contributed by atoms with E-state index in [0.29, 0.717) is 6.04 Å². The molecule has 0 radical (unpaired) electrons. The standard InChI is InChI=1S/C13H21N3/c1-13(2)8-12(9-15-13)16(3)10-11-4-6-14-7-5-11/h4-7,12,15H,8-10H2,1-3H3. The number of aromatic nitrogens is 1. The maximum atomic E-state index is 4.04. The summed E-state index contributed by atoms with van der Waals surface area (Å²) in [5, 5.41) is 3.56. The Bertz CT molecular complexity index is 334. The van der Waals surface area contributed by atoms with Crippen LogP contribution in [0.25, 0.3) is 0 Å². The van der Waals surface area contributed by atoms with Gasteiger partial charge in [0.2, 0.25) is 0 Å². The van der Waals surface area contributed by atoms with E-state index in [1.807, 2.05) is 12.4 Å². The normalized spacial score (nSPS) is 23.9. The second kappa shape index (κ2) is 4.52. The van der Waals surface area contributed by atoms with Crippen molar-refractivity contribution in [2.24, 2.45) is 0 Å². The lowest BCUT2D eigenvalue weighted by Gasteiger charge is -2.25. The molecule has 1 aliphatic heterocycles. The summed E-state index contributed by atoms with van der Waals surface area (Å²) in [6.45, 7) is 6.64. The second-order valence-electron chi connectivity index (χ2n) is 5.39. The number of pyridine rings is 1. The molecule has 0 aliphatic carbocycles. The molecule has 1 unspecified atom stereocenters. The van der Waals surface area contributed by atoms with Crippen molar-refractivity contribution in [1.29, 1.82) is 0 Å². The molecule has 0 amide bonds. The van der Waals surface area contributed by atoms with E-state index in [1.165, 1.54) is 12.0 Å². The van der Waals surface area contributed by atoms with E-state index in [-0.39, 0.29) is 5.54 Å². The first kappa shape index (κ1) is 11.6. The molecular weight excluding hydrogens is 198 g/mol. The maximum absolute atomic E-state index is 4.04. The Hall–Kier alpha value is -0.930. The lowest BCUT2D eigenvalue weighted by atomic mass is 10.0. The molecule has 3 heteroatoms. The van der Waals surface area contributed by atoms with Gasteiger partial charge in [-0.25, -0.2) is 0 Å². The molecule has 0 aromatic carbocycles. The van der Waals surface area contributed by atoms with Crippen LogP contribution in [-0.4, -0.2) is 35.1 Å². The lowest BCUT2D eigenvalue weighted by molar-refractivity contribution is 0.240. The van der Waals surface area contributed by atoms with Crippen LogP contribution in [0.2, 0.25) is 0 Å². The average Bonchev–Trinajstić information content (AvgIpc) is 2.60. The zero-order chi connectivity index (χ0) is 11.6. The molecule has 3 nitrogen and oxygen atoms in total. The molecule has 2 heterocycles. The van der Waals surface area contributed by atoms with E-state index < -0.39 is 0 Å². The molecule has 0 saturated carbocycles. The second-order valence-corrected chi connectivity index (χ2v) is 5.39. The highest BCUT2D eigenvalue weighted by atomic mass is 15.2. The van der Waals surface area contributed by atoms with Gasteiger partial charge in [-0.1, -0.05) is 0 Å². The monoisotopic (exact) mass is 219 g/mol. The van der Waals surface area contributed by atoms with E-state index in [1.54, 1.807) is 0 Å². The number of nitrogens with zero attached hydrogens (tertiary/aromatic N) is 2. The molecule has 1 saturated heterocycles. The van der Waals surface area contributed by atoms with Crippen LogP contribution < -0.4 is 5.32 Å². The van der Waals surface area contributed by atoms with Crippen LogP contribution >= 0.6 is 0 Å². The number of rotatable bonds is 3. The number of hydrogen-bond donors (Lipinski definition) is 1. The van der Waals surface area contributed by atoms with Crippen LogP contribution in [0.4, 0.5) is 0 Å². The fraction of sp³-hybridized carbons (Fsp3) is 0.615. The molecular formula is C13H21N3. The van der Waals surface area contributed by atoms with Crippen molar-refractivity contribution in [3.8, 4) is 0 Å². The number of likely N-dealkylation sites (N-methyl/N-ethyl adjacent to an activating group) is 1. The Balaban J connectivity index is 1.92. The first-order valence-electron chi connectivity index (χ1n) is 5.91. The molecule has 2 rings (SSSR count). The van der Waals surface area contributed by atoms with Crippen molar-refractivity contribution < 1.29 is 0 Å². The summed E-state index contributed by atoms with van der Waals surface area (Å²) in [6, 6.07) is 4.82. The van der Waals surface area contributed by atoms with Crippen molar-refractivity contribution in [3.63, 3.8) is 0 Å². The summed E-state index contributed by atoms with van der Waals surface area (Å²) in [4.78, 5) is 6.47. The van der Waals surface area contributed by atoms with Crippen LogP contribution in [0, 0.1) is 0 Å². The average molecular weight is 219 g/mol. The van der Waals surface area contributed by atoms with E-state index in [2.05, 4.69) is 48.2 Å². The predicted molar refractivity (Wildman–Crippen MR) is 66.2 cm³/mol. The van der Waals surface area contributed by atoms with Gasteiger partial charge in [-0.3, -0.25) is 9.88 Å². The minimum Gasteiger partial charge on any atom is -0.310 e. The van der Waals surface area contributed by atoms with Gasteiger partial charge in [0, 0.05) is 37.1 Å². The van der Waals surface area contributed by atoms with Crippen molar-refractivity contribution in [2.45, 2.75) is 38.4 Å². The maximum Gasteiger partial charge on any atom is 0.0271 e. The predicted octanol–water partition coefficient (Wildman–Crippen LogP) is 1.65. The summed E-state index contributed by atoms with van der Waals surface area (Å²) < 4.78 is 0. The van der Waals surface area contributed by atoms with Crippen LogP contribution in [0.3, 0.4) is 0 Å². The first-order valence-corrected chi connectivity index (χ1v) is 5.91. The van der Waals surface area contributed by atoms with Gasteiger partial charge in [0.25, 0.3) is 0 Å². The zero-order valence-electron chi connectivity index (χ0n) is 10.4. The molecule has 0 spiro atoms. The molecule has 1 aromatic heterocycles. The van der Waals surface area contributed by atoms with Gasteiger partial charge in [0.05, 0.1) is 0 Å². The van der Waals surface area contributed by atoms with Crippen molar-refractivity contribution in [3.05, 3.63) is 30.1 Å². The Kier molecular flexibility index (Phi) is 3.26. The van der Waals surface area contributed by atoms with Crippen molar-refractivity contribution in [1.82, 2.24) is 15.2 Å². The third-order valence-corrected chi connectivity index (χ3v) is 3.37. The van der Waals surface area contributed by atoms with Crippen molar-refractivity contribution >= 4 is 0 Å². The minimum atomic E-state index is 0.289. The molecule has 1 atom stereocenters. The molecule has 1 fully saturated rings. The van der Waals surface area contributed by atoms with Gasteiger partial charge < -0.3 is 5.32 Å². The summed E-state index contributed by atoms with van der Waals surface area (Å²) >= 11 is 0. The van der Waals surface area contributed by atoms with Gasteiger partial charge >= 0.3 is 0 Å². The highest BCUT2D eigenvalue weighted by Gasteiger charge is 2.32. The van der Waals surface area contributed by atoms with Gasteiger partial charge in [-0.2, -0.15) is 0 Å². The summed E-state index contributed by atoms with van der Waals surface area (Å²) in [5.41, 5.74) is 1.62. The lowest BCUT2D eigenvalue weighted by Crippen LogP contribution is -2.32. The third kappa shape index (κ3) is 2.80. The summed E-state index contributed by atoms with van der Waals surface area (Å²) in [6.07, 6.45) is 4.94. The Morgan fingerprint density at radius 3 is 2.69 bits per heavy atom. The molecule has 16 heavy (non-hydrogen) atoms.